The highest BCUT2D eigenvalue weighted by molar-refractivity contribution is 9.10. The van der Waals surface area contributed by atoms with Crippen LogP contribution in [-0.4, -0.2) is 36.9 Å². The van der Waals surface area contributed by atoms with Crippen LogP contribution in [0.4, 0.5) is 0 Å². The average Bonchev–Trinajstić information content (AvgIpc) is 3.04. The SMILES string of the molecule is CCOCCn1c(=NC(=O)COc2ccc(OCC)cc2)sc2cc(Br)ccc21. The molecule has 0 N–H and O–H groups in total. The Morgan fingerprint density at radius 1 is 1.07 bits per heavy atom. The zero-order valence-electron chi connectivity index (χ0n) is 16.4. The van der Waals surface area contributed by atoms with Crippen LogP contribution in [0, 0.1) is 0 Å². The van der Waals surface area contributed by atoms with Gasteiger partial charge in [-0.1, -0.05) is 27.3 Å². The lowest BCUT2D eigenvalue weighted by Crippen LogP contribution is -2.21. The minimum Gasteiger partial charge on any atom is -0.494 e. The van der Waals surface area contributed by atoms with Crippen molar-refractivity contribution < 1.29 is 19.0 Å². The zero-order valence-corrected chi connectivity index (χ0v) is 18.8. The Labute approximate surface area is 181 Å². The molecule has 0 fully saturated rings. The van der Waals surface area contributed by atoms with Crippen molar-refractivity contribution in [3.05, 3.63) is 51.7 Å². The molecule has 0 bridgehead atoms. The van der Waals surface area contributed by atoms with Crippen LogP contribution in [0.1, 0.15) is 13.8 Å². The summed E-state index contributed by atoms with van der Waals surface area (Å²) < 4.78 is 20.5. The number of amides is 1. The largest absolute Gasteiger partial charge is 0.494 e. The van der Waals surface area contributed by atoms with Gasteiger partial charge in [0.15, 0.2) is 11.4 Å². The minimum atomic E-state index is -0.338. The summed E-state index contributed by atoms with van der Waals surface area (Å²) >= 11 is 4.96. The van der Waals surface area contributed by atoms with Crippen LogP contribution in [0.2, 0.25) is 0 Å². The fourth-order valence-corrected chi connectivity index (χ4v) is 4.36. The van der Waals surface area contributed by atoms with Gasteiger partial charge in [0.05, 0.1) is 23.4 Å². The highest BCUT2D eigenvalue weighted by Gasteiger charge is 2.09. The Morgan fingerprint density at radius 2 is 1.79 bits per heavy atom. The third-order valence-electron chi connectivity index (χ3n) is 4.03. The number of halogens is 1. The van der Waals surface area contributed by atoms with Crippen LogP contribution in [0.3, 0.4) is 0 Å². The molecule has 154 valence electrons. The second kappa shape index (κ2) is 10.6. The Balaban J connectivity index is 1.76. The number of benzene rings is 2. The molecular formula is C21H23BrN2O4S. The van der Waals surface area contributed by atoms with Gasteiger partial charge in [-0.15, -0.1) is 0 Å². The van der Waals surface area contributed by atoms with Crippen molar-refractivity contribution in [2.24, 2.45) is 4.99 Å². The van der Waals surface area contributed by atoms with E-state index in [2.05, 4.69) is 20.9 Å². The van der Waals surface area contributed by atoms with Crippen LogP contribution in [0.25, 0.3) is 10.2 Å². The molecule has 0 saturated carbocycles. The summed E-state index contributed by atoms with van der Waals surface area (Å²) in [4.78, 5) is 17.3. The number of hydrogen-bond acceptors (Lipinski definition) is 5. The quantitative estimate of drug-likeness (QED) is 0.427. The minimum absolute atomic E-state index is 0.128. The average molecular weight is 479 g/mol. The lowest BCUT2D eigenvalue weighted by molar-refractivity contribution is -0.120. The van der Waals surface area contributed by atoms with E-state index in [9.17, 15) is 4.79 Å². The molecule has 6 nitrogen and oxygen atoms in total. The smallest absolute Gasteiger partial charge is 0.286 e. The van der Waals surface area contributed by atoms with Gasteiger partial charge in [0.2, 0.25) is 0 Å². The summed E-state index contributed by atoms with van der Waals surface area (Å²) in [6.45, 7) is 6.20. The van der Waals surface area contributed by atoms with Crippen LogP contribution in [0.15, 0.2) is 51.9 Å². The number of hydrogen-bond donors (Lipinski definition) is 0. The highest BCUT2D eigenvalue weighted by atomic mass is 79.9. The molecule has 8 heteroatoms. The standard InChI is InChI=1S/C21H23BrN2O4S/c1-3-26-12-11-24-18-10-5-15(22)13-19(18)29-21(24)23-20(25)14-28-17-8-6-16(7-9-17)27-4-2/h5-10,13H,3-4,11-12,14H2,1-2H3. The van der Waals surface area contributed by atoms with Crippen LogP contribution in [0.5, 0.6) is 11.5 Å². The Hall–Kier alpha value is -2.16. The lowest BCUT2D eigenvalue weighted by atomic mass is 10.3. The van der Waals surface area contributed by atoms with Crippen LogP contribution in [-0.2, 0) is 16.1 Å². The van der Waals surface area contributed by atoms with Gasteiger partial charge < -0.3 is 18.8 Å². The maximum absolute atomic E-state index is 12.4. The number of carbonyl (C=O) groups is 1. The first-order valence-electron chi connectivity index (χ1n) is 9.40. The molecular weight excluding hydrogens is 456 g/mol. The summed E-state index contributed by atoms with van der Waals surface area (Å²) in [6.07, 6.45) is 0. The number of ether oxygens (including phenoxy) is 3. The van der Waals surface area contributed by atoms with E-state index in [1.165, 1.54) is 11.3 Å². The van der Waals surface area contributed by atoms with Gasteiger partial charge in [0, 0.05) is 17.6 Å². The summed E-state index contributed by atoms with van der Waals surface area (Å²) in [5.41, 5.74) is 1.02. The Morgan fingerprint density at radius 3 is 2.48 bits per heavy atom. The van der Waals surface area contributed by atoms with Gasteiger partial charge in [0.1, 0.15) is 11.5 Å². The van der Waals surface area contributed by atoms with Gasteiger partial charge in [-0.05, 0) is 56.3 Å². The number of carbonyl (C=O) groups excluding carboxylic acids is 1. The van der Waals surface area contributed by atoms with Gasteiger partial charge >= 0.3 is 0 Å². The monoisotopic (exact) mass is 478 g/mol. The first kappa shape index (κ1) is 21.5. The molecule has 0 atom stereocenters. The second-order valence-electron chi connectivity index (χ2n) is 6.04. The number of nitrogens with zero attached hydrogens (tertiary/aromatic N) is 2. The second-order valence-corrected chi connectivity index (χ2v) is 7.97. The molecule has 0 aliphatic heterocycles. The number of fused-ring (bicyclic) bond motifs is 1. The predicted octanol–water partition coefficient (Wildman–Crippen LogP) is 4.41. The molecule has 0 aliphatic carbocycles. The normalized spacial score (nSPS) is 11.8. The predicted molar refractivity (Wildman–Crippen MR) is 118 cm³/mol. The van der Waals surface area contributed by atoms with Crippen molar-refractivity contribution in [1.29, 1.82) is 0 Å². The number of aromatic nitrogens is 1. The summed E-state index contributed by atoms with van der Waals surface area (Å²) in [7, 11) is 0. The van der Waals surface area contributed by atoms with Gasteiger partial charge in [0.25, 0.3) is 5.91 Å². The fourth-order valence-electron chi connectivity index (χ4n) is 2.73. The van der Waals surface area contributed by atoms with E-state index in [0.717, 1.165) is 20.4 Å². The summed E-state index contributed by atoms with van der Waals surface area (Å²) in [5, 5.41) is 0. The van der Waals surface area contributed by atoms with Crippen molar-refractivity contribution in [2.45, 2.75) is 20.4 Å². The molecule has 2 aromatic carbocycles. The summed E-state index contributed by atoms with van der Waals surface area (Å²) in [5.74, 6) is 1.03. The van der Waals surface area contributed by atoms with E-state index in [0.29, 0.717) is 36.9 Å². The third-order valence-corrected chi connectivity index (χ3v) is 5.56. The van der Waals surface area contributed by atoms with Crippen molar-refractivity contribution in [3.63, 3.8) is 0 Å². The molecule has 0 unspecified atom stereocenters. The maximum atomic E-state index is 12.4. The lowest BCUT2D eigenvalue weighted by Gasteiger charge is -2.06. The number of rotatable bonds is 9. The Kier molecular flexibility index (Phi) is 7.85. The van der Waals surface area contributed by atoms with Crippen LogP contribution < -0.4 is 14.3 Å². The van der Waals surface area contributed by atoms with Gasteiger partial charge in [-0.3, -0.25) is 4.79 Å². The number of thiazole rings is 1. The van der Waals surface area contributed by atoms with E-state index in [-0.39, 0.29) is 12.5 Å². The van der Waals surface area contributed by atoms with E-state index in [4.69, 9.17) is 14.2 Å². The van der Waals surface area contributed by atoms with Gasteiger partial charge in [-0.2, -0.15) is 4.99 Å². The molecule has 1 amide bonds. The summed E-state index contributed by atoms with van der Waals surface area (Å²) in [6, 6.07) is 13.2. The van der Waals surface area contributed by atoms with E-state index in [1.807, 2.05) is 48.7 Å². The molecule has 0 aliphatic rings. The topological polar surface area (TPSA) is 62.1 Å². The first-order valence-corrected chi connectivity index (χ1v) is 11.0. The van der Waals surface area contributed by atoms with Crippen molar-refractivity contribution in [2.75, 3.05) is 26.4 Å². The maximum Gasteiger partial charge on any atom is 0.286 e. The molecule has 1 heterocycles. The van der Waals surface area contributed by atoms with Gasteiger partial charge in [-0.25, -0.2) is 0 Å². The third kappa shape index (κ3) is 5.91. The van der Waals surface area contributed by atoms with E-state index < -0.39 is 0 Å². The molecule has 0 saturated heterocycles. The molecule has 29 heavy (non-hydrogen) atoms. The van der Waals surface area contributed by atoms with Crippen molar-refractivity contribution in [3.8, 4) is 11.5 Å². The first-order chi connectivity index (χ1) is 14.1. The van der Waals surface area contributed by atoms with E-state index >= 15 is 0 Å². The fraction of sp³-hybridized carbons (Fsp3) is 0.333. The molecule has 3 rings (SSSR count). The molecule has 0 spiro atoms. The van der Waals surface area contributed by atoms with Crippen LogP contribution >= 0.6 is 27.3 Å². The highest BCUT2D eigenvalue weighted by Crippen LogP contribution is 2.22. The van der Waals surface area contributed by atoms with E-state index in [1.54, 1.807) is 12.1 Å². The zero-order chi connectivity index (χ0) is 20.6. The van der Waals surface area contributed by atoms with Crippen molar-refractivity contribution >= 4 is 43.4 Å². The molecule has 0 radical (unpaired) electrons. The Bertz CT molecular complexity index is 1030. The molecule has 3 aromatic rings. The molecule has 1 aromatic heterocycles. The van der Waals surface area contributed by atoms with Crippen molar-refractivity contribution in [1.82, 2.24) is 4.57 Å².